The molecule has 0 N–H and O–H groups in total. The van der Waals surface area contributed by atoms with Crippen LogP contribution in [0.15, 0.2) is 137 Å². The van der Waals surface area contributed by atoms with Gasteiger partial charge in [0.15, 0.2) is 22.9 Å². The molecule has 0 fully saturated rings. The number of pyridine rings is 1. The lowest BCUT2D eigenvalue weighted by atomic mass is 9.82. The highest BCUT2D eigenvalue weighted by Crippen LogP contribution is 2.56. The molecule has 3 aliphatic rings. The fraction of sp³-hybridized carbons (Fsp3) is 0.0286. The predicted molar refractivity (Wildman–Crippen MR) is 154 cm³/mol. The molecule has 10 rings (SSSR count). The quantitative estimate of drug-likeness (QED) is 0.216. The molecular formula is C35H21N3S+2. The van der Waals surface area contributed by atoms with Gasteiger partial charge in [-0.2, -0.15) is 13.7 Å². The number of imidazole rings is 1. The molecule has 4 heteroatoms. The van der Waals surface area contributed by atoms with Crippen LogP contribution in [-0.2, 0) is 5.54 Å². The lowest BCUT2D eigenvalue weighted by Crippen LogP contribution is -2.57. The van der Waals surface area contributed by atoms with Crippen molar-refractivity contribution < 1.29 is 9.13 Å². The zero-order valence-electron chi connectivity index (χ0n) is 20.9. The summed E-state index contributed by atoms with van der Waals surface area (Å²) in [7, 11) is 0. The van der Waals surface area contributed by atoms with Gasteiger partial charge in [-0.25, -0.2) is 0 Å². The Hall–Kier alpha value is -4.67. The molecule has 2 aromatic heterocycles. The Labute approximate surface area is 229 Å². The molecule has 7 aromatic rings. The Morgan fingerprint density at radius 2 is 1.51 bits per heavy atom. The second kappa shape index (κ2) is 6.85. The zero-order chi connectivity index (χ0) is 25.3. The first-order chi connectivity index (χ1) is 19.4. The monoisotopic (exact) mass is 515 g/mol. The third-order valence-corrected chi connectivity index (χ3v) is 9.99. The largest absolute Gasteiger partial charge is 0.352 e. The van der Waals surface area contributed by atoms with Crippen molar-refractivity contribution in [2.24, 2.45) is 0 Å². The molecule has 5 heterocycles. The van der Waals surface area contributed by atoms with Gasteiger partial charge in [-0.3, -0.25) is 0 Å². The van der Waals surface area contributed by atoms with Crippen molar-refractivity contribution in [1.82, 2.24) is 4.57 Å². The second-order valence-electron chi connectivity index (χ2n) is 10.6. The molecule has 1 unspecified atom stereocenters. The number of rotatable bonds is 1. The molecule has 0 amide bonds. The lowest BCUT2D eigenvalue weighted by molar-refractivity contribution is -0.733. The van der Waals surface area contributed by atoms with Crippen LogP contribution in [0.25, 0.3) is 44.4 Å². The van der Waals surface area contributed by atoms with Gasteiger partial charge in [0.05, 0.1) is 26.5 Å². The average molecular weight is 516 g/mol. The van der Waals surface area contributed by atoms with Crippen molar-refractivity contribution in [2.75, 3.05) is 0 Å². The van der Waals surface area contributed by atoms with Gasteiger partial charge in [0.2, 0.25) is 5.69 Å². The van der Waals surface area contributed by atoms with Crippen LogP contribution >= 0.6 is 11.8 Å². The molecule has 39 heavy (non-hydrogen) atoms. The lowest BCUT2D eigenvalue weighted by Gasteiger charge is -2.21. The number of hydrogen-bond acceptors (Lipinski definition) is 1. The first kappa shape index (κ1) is 20.3. The Kier molecular flexibility index (Phi) is 3.57. The fourth-order valence-corrected chi connectivity index (χ4v) is 8.70. The Bertz CT molecular complexity index is 2160. The minimum absolute atomic E-state index is 0.516. The maximum Gasteiger partial charge on any atom is 0.352 e. The van der Waals surface area contributed by atoms with Gasteiger partial charge in [-0.15, -0.1) is 0 Å². The summed E-state index contributed by atoms with van der Waals surface area (Å²) in [5.74, 6) is 1.27. The van der Waals surface area contributed by atoms with Gasteiger partial charge in [0.25, 0.3) is 0 Å². The van der Waals surface area contributed by atoms with Crippen molar-refractivity contribution in [3.63, 3.8) is 0 Å². The van der Waals surface area contributed by atoms with E-state index in [2.05, 4.69) is 141 Å². The summed E-state index contributed by atoms with van der Waals surface area (Å²) in [5.41, 5.74) is 9.76. The SMILES string of the molecule is c1ccc(-n2c3[n+]4c5c(cccc52)Sc2c-4c(cc4ccccc24)C32c3ccccc3-c3cccc[n+]32)cc1. The van der Waals surface area contributed by atoms with Gasteiger partial charge < -0.3 is 0 Å². The highest BCUT2D eigenvalue weighted by molar-refractivity contribution is 8.00. The Morgan fingerprint density at radius 3 is 2.46 bits per heavy atom. The summed E-state index contributed by atoms with van der Waals surface area (Å²) in [5, 5.41) is 2.60. The predicted octanol–water partition coefficient (Wildman–Crippen LogP) is 6.95. The summed E-state index contributed by atoms with van der Waals surface area (Å²) < 4.78 is 7.64. The van der Waals surface area contributed by atoms with E-state index in [1.807, 2.05) is 11.8 Å². The fourth-order valence-electron chi connectivity index (χ4n) is 7.44. The number of nitrogens with zero attached hydrogens (tertiary/aromatic N) is 3. The van der Waals surface area contributed by atoms with Gasteiger partial charge >= 0.3 is 11.4 Å². The summed E-state index contributed by atoms with van der Waals surface area (Å²) in [6.45, 7) is 0. The third-order valence-electron chi connectivity index (χ3n) is 8.82. The average Bonchev–Trinajstić information content (AvgIpc) is 3.60. The molecule has 0 saturated heterocycles. The number of hydrogen-bond donors (Lipinski definition) is 0. The van der Waals surface area contributed by atoms with Crippen molar-refractivity contribution in [2.45, 2.75) is 15.3 Å². The third kappa shape index (κ3) is 2.19. The summed E-state index contributed by atoms with van der Waals surface area (Å²) in [6, 6.07) is 44.6. The smallest absolute Gasteiger partial charge is 0.185 e. The second-order valence-corrected chi connectivity index (χ2v) is 11.6. The molecule has 3 aliphatic heterocycles. The highest BCUT2D eigenvalue weighted by atomic mass is 32.2. The maximum atomic E-state index is 2.59. The minimum Gasteiger partial charge on any atom is -0.185 e. The standard InChI is InChI=1S/C35H21N3S/c1-2-12-23(13-3-1)37-29-18-10-19-30-32(29)38-31-27(21-22-11-4-5-14-24(22)33(31)39-30)35(34(37)38)26-16-7-6-15-25(26)28-17-8-9-20-36(28)35/h1-21H/q+2. The molecule has 0 radical (unpaired) electrons. The summed E-state index contributed by atoms with van der Waals surface area (Å²) in [6.07, 6.45) is 2.28. The van der Waals surface area contributed by atoms with Crippen LogP contribution in [0, 0.1) is 0 Å². The number of para-hydroxylation sites is 2. The molecule has 0 aliphatic carbocycles. The number of benzene rings is 5. The summed E-state index contributed by atoms with van der Waals surface area (Å²) >= 11 is 1.92. The van der Waals surface area contributed by atoms with Crippen molar-refractivity contribution in [3.05, 3.63) is 144 Å². The van der Waals surface area contributed by atoms with E-state index in [0.717, 1.165) is 0 Å². The highest BCUT2D eigenvalue weighted by Gasteiger charge is 2.68. The molecular weight excluding hydrogens is 494 g/mol. The van der Waals surface area contributed by atoms with E-state index in [9.17, 15) is 0 Å². The van der Waals surface area contributed by atoms with Crippen LogP contribution in [0.3, 0.4) is 0 Å². The van der Waals surface area contributed by atoms with E-state index >= 15 is 0 Å². The number of fused-ring (bicyclic) bond motifs is 9. The minimum atomic E-state index is -0.516. The van der Waals surface area contributed by atoms with Gasteiger partial charge in [0, 0.05) is 12.1 Å². The molecule has 180 valence electrons. The van der Waals surface area contributed by atoms with E-state index in [1.54, 1.807) is 0 Å². The molecule has 0 bridgehead atoms. The van der Waals surface area contributed by atoms with E-state index in [0.29, 0.717) is 0 Å². The van der Waals surface area contributed by atoms with E-state index in [4.69, 9.17) is 0 Å². The van der Waals surface area contributed by atoms with Crippen LogP contribution in [0.2, 0.25) is 0 Å². The number of aromatic nitrogens is 3. The first-order valence-electron chi connectivity index (χ1n) is 13.4. The Morgan fingerprint density at radius 1 is 0.692 bits per heavy atom. The van der Waals surface area contributed by atoms with Crippen molar-refractivity contribution >= 4 is 33.6 Å². The van der Waals surface area contributed by atoms with Crippen LogP contribution in [0.5, 0.6) is 0 Å². The molecule has 0 saturated carbocycles. The zero-order valence-corrected chi connectivity index (χ0v) is 21.7. The molecule has 3 nitrogen and oxygen atoms in total. The molecule has 5 aromatic carbocycles. The van der Waals surface area contributed by atoms with Gasteiger partial charge in [-0.1, -0.05) is 78.5 Å². The van der Waals surface area contributed by atoms with Gasteiger partial charge in [-0.05, 0) is 53.2 Å². The van der Waals surface area contributed by atoms with Crippen LogP contribution in [-0.4, -0.2) is 4.57 Å². The van der Waals surface area contributed by atoms with E-state index in [1.165, 1.54) is 71.2 Å². The first-order valence-corrected chi connectivity index (χ1v) is 14.2. The Balaban J connectivity index is 1.54. The van der Waals surface area contributed by atoms with E-state index in [-0.39, 0.29) is 0 Å². The van der Waals surface area contributed by atoms with Crippen molar-refractivity contribution in [1.29, 1.82) is 0 Å². The van der Waals surface area contributed by atoms with Crippen molar-refractivity contribution in [3.8, 4) is 22.6 Å². The summed E-state index contributed by atoms with van der Waals surface area (Å²) in [4.78, 5) is 2.65. The molecule has 1 spiro atoms. The van der Waals surface area contributed by atoms with Gasteiger partial charge in [0.1, 0.15) is 5.69 Å². The maximum absolute atomic E-state index is 2.59. The molecule has 1 atom stereocenters. The topological polar surface area (TPSA) is 12.7 Å². The van der Waals surface area contributed by atoms with Crippen LogP contribution in [0.1, 0.15) is 17.0 Å². The van der Waals surface area contributed by atoms with Crippen LogP contribution in [0.4, 0.5) is 0 Å². The normalized spacial score (nSPS) is 17.2. The van der Waals surface area contributed by atoms with Crippen LogP contribution < -0.4 is 9.13 Å². The van der Waals surface area contributed by atoms with E-state index < -0.39 is 5.54 Å².